The minimum atomic E-state index is -0.0303. The van der Waals surface area contributed by atoms with Gasteiger partial charge in [0.15, 0.2) is 4.96 Å². The van der Waals surface area contributed by atoms with Crippen molar-refractivity contribution in [3.8, 4) is 0 Å². The molecule has 1 fully saturated rings. The third-order valence-corrected chi connectivity index (χ3v) is 5.32. The Kier molecular flexibility index (Phi) is 5.05. The van der Waals surface area contributed by atoms with Crippen LogP contribution in [-0.4, -0.2) is 53.0 Å². The second kappa shape index (κ2) is 7.61. The second-order valence-corrected chi connectivity index (χ2v) is 7.29. The monoisotopic (exact) mass is 374 g/mol. The van der Waals surface area contributed by atoms with E-state index >= 15 is 0 Å². The van der Waals surface area contributed by atoms with Crippen LogP contribution in [0, 0.1) is 6.92 Å². The quantitative estimate of drug-likeness (QED) is 0.715. The van der Waals surface area contributed by atoms with Crippen LogP contribution >= 0.6 is 11.3 Å². The number of aryl methyl sites for hydroxylation is 1. The lowest BCUT2D eigenvalue weighted by Crippen LogP contribution is -2.44. The summed E-state index contributed by atoms with van der Waals surface area (Å²) in [5.41, 5.74) is 0.783. The van der Waals surface area contributed by atoms with E-state index in [1.165, 1.54) is 0 Å². The Hall–Kier alpha value is -2.16. The SMILES string of the molecule is Cc1ccc(C(CNC(=O)Cc2cn3ccsc3n2)N2CCOCC2)o1. The van der Waals surface area contributed by atoms with Crippen LogP contribution in [0.2, 0.25) is 0 Å². The molecule has 3 aromatic heterocycles. The number of rotatable bonds is 6. The zero-order valence-corrected chi connectivity index (χ0v) is 15.5. The number of carbonyl (C=O) groups excluding carboxylic acids is 1. The van der Waals surface area contributed by atoms with Gasteiger partial charge in [0.2, 0.25) is 5.91 Å². The number of morpholine rings is 1. The van der Waals surface area contributed by atoms with Gasteiger partial charge in [-0.2, -0.15) is 0 Å². The number of imidazole rings is 1. The maximum Gasteiger partial charge on any atom is 0.226 e. The molecular formula is C18H22N4O3S. The highest BCUT2D eigenvalue weighted by molar-refractivity contribution is 7.15. The highest BCUT2D eigenvalue weighted by Gasteiger charge is 2.25. The van der Waals surface area contributed by atoms with Crippen LogP contribution in [0.1, 0.15) is 23.3 Å². The van der Waals surface area contributed by atoms with Crippen molar-refractivity contribution in [3.05, 3.63) is 47.1 Å². The fourth-order valence-electron chi connectivity index (χ4n) is 3.23. The predicted octanol–water partition coefficient (Wildman–Crippen LogP) is 2.03. The first kappa shape index (κ1) is 17.3. The van der Waals surface area contributed by atoms with E-state index in [9.17, 15) is 4.79 Å². The van der Waals surface area contributed by atoms with Crippen molar-refractivity contribution in [1.82, 2.24) is 19.6 Å². The lowest BCUT2D eigenvalue weighted by Gasteiger charge is -2.33. The van der Waals surface area contributed by atoms with Gasteiger partial charge in [-0.25, -0.2) is 4.98 Å². The average Bonchev–Trinajstić information content (AvgIpc) is 3.33. The van der Waals surface area contributed by atoms with Gasteiger partial charge in [0.05, 0.1) is 31.4 Å². The summed E-state index contributed by atoms with van der Waals surface area (Å²) < 4.78 is 13.2. The average molecular weight is 374 g/mol. The first-order valence-electron chi connectivity index (χ1n) is 8.75. The van der Waals surface area contributed by atoms with Gasteiger partial charge in [-0.1, -0.05) is 0 Å². The van der Waals surface area contributed by atoms with Crippen LogP contribution in [0.3, 0.4) is 0 Å². The predicted molar refractivity (Wildman–Crippen MR) is 98.4 cm³/mol. The molecule has 4 heterocycles. The highest BCUT2D eigenvalue weighted by atomic mass is 32.1. The molecule has 0 bridgehead atoms. The molecule has 3 aromatic rings. The van der Waals surface area contributed by atoms with Crippen LogP contribution in [0.4, 0.5) is 0 Å². The van der Waals surface area contributed by atoms with E-state index in [4.69, 9.17) is 9.15 Å². The number of nitrogens with one attached hydrogen (secondary N) is 1. The van der Waals surface area contributed by atoms with Crippen molar-refractivity contribution < 1.29 is 13.9 Å². The molecule has 1 saturated heterocycles. The van der Waals surface area contributed by atoms with Crippen molar-refractivity contribution in [2.24, 2.45) is 0 Å². The van der Waals surface area contributed by atoms with E-state index in [1.54, 1.807) is 11.3 Å². The molecule has 0 spiro atoms. The fourth-order valence-corrected chi connectivity index (χ4v) is 3.95. The van der Waals surface area contributed by atoms with Crippen molar-refractivity contribution in [1.29, 1.82) is 0 Å². The van der Waals surface area contributed by atoms with Crippen molar-refractivity contribution in [2.45, 2.75) is 19.4 Å². The molecule has 0 radical (unpaired) electrons. The fraction of sp³-hybridized carbons (Fsp3) is 0.444. The van der Waals surface area contributed by atoms with Crippen LogP contribution in [-0.2, 0) is 16.0 Å². The summed E-state index contributed by atoms with van der Waals surface area (Å²) in [6, 6.07) is 3.97. The van der Waals surface area contributed by atoms with Gasteiger partial charge < -0.3 is 14.5 Å². The number of amides is 1. The number of fused-ring (bicyclic) bond motifs is 1. The van der Waals surface area contributed by atoms with Gasteiger partial charge in [0.25, 0.3) is 0 Å². The van der Waals surface area contributed by atoms with E-state index in [2.05, 4.69) is 15.2 Å². The molecule has 1 aliphatic heterocycles. The first-order valence-corrected chi connectivity index (χ1v) is 9.63. The zero-order chi connectivity index (χ0) is 17.9. The van der Waals surface area contributed by atoms with Crippen molar-refractivity contribution in [2.75, 3.05) is 32.8 Å². The minimum absolute atomic E-state index is 0.0158. The van der Waals surface area contributed by atoms with Gasteiger partial charge in [0.1, 0.15) is 11.5 Å². The summed E-state index contributed by atoms with van der Waals surface area (Å²) in [5, 5.41) is 5.02. The van der Waals surface area contributed by atoms with Crippen molar-refractivity contribution >= 4 is 22.2 Å². The molecule has 1 amide bonds. The Morgan fingerprint density at radius 3 is 2.96 bits per heavy atom. The minimum Gasteiger partial charge on any atom is -0.465 e. The smallest absolute Gasteiger partial charge is 0.226 e. The molecule has 0 saturated carbocycles. The number of nitrogens with zero attached hydrogens (tertiary/aromatic N) is 3. The Labute approximate surface area is 155 Å². The molecular weight excluding hydrogens is 352 g/mol. The molecule has 138 valence electrons. The van der Waals surface area contributed by atoms with E-state index in [0.717, 1.165) is 35.3 Å². The van der Waals surface area contributed by atoms with Crippen LogP contribution in [0.25, 0.3) is 4.96 Å². The Bertz CT molecular complexity index is 849. The van der Waals surface area contributed by atoms with Gasteiger partial charge in [-0.15, -0.1) is 11.3 Å². The van der Waals surface area contributed by atoms with Crippen LogP contribution < -0.4 is 5.32 Å². The summed E-state index contributed by atoms with van der Waals surface area (Å²) in [6.45, 7) is 5.51. The zero-order valence-electron chi connectivity index (χ0n) is 14.7. The third kappa shape index (κ3) is 3.82. The number of carbonyl (C=O) groups is 1. The normalized spacial score (nSPS) is 16.8. The number of hydrogen-bond donors (Lipinski definition) is 1. The summed E-state index contributed by atoms with van der Waals surface area (Å²) in [6.07, 6.45) is 4.13. The standard InChI is InChI=1S/C18H22N4O3S/c1-13-2-3-16(25-13)15(21-4-7-24-8-5-21)11-19-17(23)10-14-12-22-6-9-26-18(22)20-14/h2-3,6,9,12,15H,4-5,7-8,10-11H2,1H3,(H,19,23). The number of aromatic nitrogens is 2. The molecule has 1 N–H and O–H groups in total. The van der Waals surface area contributed by atoms with E-state index in [-0.39, 0.29) is 18.4 Å². The summed E-state index contributed by atoms with van der Waals surface area (Å²) in [5.74, 6) is 1.73. The Morgan fingerprint density at radius 1 is 1.38 bits per heavy atom. The molecule has 0 aliphatic carbocycles. The topological polar surface area (TPSA) is 72.0 Å². The summed E-state index contributed by atoms with van der Waals surface area (Å²) >= 11 is 1.56. The third-order valence-electron chi connectivity index (χ3n) is 4.55. The molecule has 1 aliphatic rings. The number of furan rings is 1. The molecule has 8 heteroatoms. The largest absolute Gasteiger partial charge is 0.465 e. The molecule has 0 aromatic carbocycles. The number of ether oxygens (including phenoxy) is 1. The van der Waals surface area contributed by atoms with Crippen LogP contribution in [0.5, 0.6) is 0 Å². The maximum atomic E-state index is 12.4. The summed E-state index contributed by atoms with van der Waals surface area (Å²) in [7, 11) is 0. The van der Waals surface area contributed by atoms with Gasteiger partial charge in [-0.05, 0) is 19.1 Å². The lowest BCUT2D eigenvalue weighted by molar-refractivity contribution is -0.120. The van der Waals surface area contributed by atoms with E-state index < -0.39 is 0 Å². The highest BCUT2D eigenvalue weighted by Crippen LogP contribution is 2.23. The molecule has 1 atom stereocenters. The second-order valence-electron chi connectivity index (χ2n) is 6.42. The molecule has 7 nitrogen and oxygen atoms in total. The maximum absolute atomic E-state index is 12.4. The Morgan fingerprint density at radius 2 is 2.23 bits per heavy atom. The number of thiazole rings is 1. The van der Waals surface area contributed by atoms with Crippen molar-refractivity contribution in [3.63, 3.8) is 0 Å². The Balaban J connectivity index is 1.40. The summed E-state index contributed by atoms with van der Waals surface area (Å²) in [4.78, 5) is 20.1. The van der Waals surface area contributed by atoms with Gasteiger partial charge in [-0.3, -0.25) is 14.1 Å². The molecule has 4 rings (SSSR count). The van der Waals surface area contributed by atoms with E-state index in [1.807, 2.05) is 41.2 Å². The number of hydrogen-bond acceptors (Lipinski definition) is 6. The van der Waals surface area contributed by atoms with Gasteiger partial charge >= 0.3 is 0 Å². The lowest BCUT2D eigenvalue weighted by atomic mass is 10.1. The van der Waals surface area contributed by atoms with E-state index in [0.29, 0.717) is 19.8 Å². The first-order chi connectivity index (χ1) is 12.7. The molecule has 26 heavy (non-hydrogen) atoms. The van der Waals surface area contributed by atoms with Gasteiger partial charge in [0, 0.05) is 37.4 Å². The van der Waals surface area contributed by atoms with Crippen LogP contribution in [0.15, 0.2) is 34.3 Å². The molecule has 1 unspecified atom stereocenters.